The summed E-state index contributed by atoms with van der Waals surface area (Å²) >= 11 is 6.14. The van der Waals surface area contributed by atoms with E-state index < -0.39 is 0 Å². The number of halogens is 1. The van der Waals surface area contributed by atoms with Gasteiger partial charge < -0.3 is 14.2 Å². The Morgan fingerprint density at radius 2 is 1.67 bits per heavy atom. The third-order valence-electron chi connectivity index (χ3n) is 2.96. The van der Waals surface area contributed by atoms with Crippen molar-refractivity contribution in [1.29, 1.82) is 0 Å². The molecule has 0 amide bonds. The molecular weight excluding hydrogens is 292 g/mol. The Hall–Kier alpha value is -2.01. The van der Waals surface area contributed by atoms with E-state index in [1.807, 2.05) is 19.9 Å². The van der Waals surface area contributed by atoms with E-state index in [0.29, 0.717) is 28.3 Å². The van der Waals surface area contributed by atoms with Crippen LogP contribution in [0, 0.1) is 0 Å². The van der Waals surface area contributed by atoms with Crippen LogP contribution in [0.15, 0.2) is 24.5 Å². The van der Waals surface area contributed by atoms with Crippen molar-refractivity contribution in [2.24, 2.45) is 0 Å². The summed E-state index contributed by atoms with van der Waals surface area (Å²) in [6.45, 7) is 3.99. The summed E-state index contributed by atoms with van der Waals surface area (Å²) in [6, 6.07) is 5.40. The molecule has 5 nitrogen and oxygen atoms in total. The number of hydrogen-bond acceptors (Lipinski definition) is 5. The minimum absolute atomic E-state index is 0.120. The number of benzene rings is 1. The van der Waals surface area contributed by atoms with E-state index in [2.05, 4.69) is 9.97 Å². The first-order chi connectivity index (χ1) is 10.1. The largest absolute Gasteiger partial charge is 0.493 e. The summed E-state index contributed by atoms with van der Waals surface area (Å²) in [7, 11) is 3.13. The van der Waals surface area contributed by atoms with Gasteiger partial charge in [0.05, 0.1) is 19.8 Å². The lowest BCUT2D eigenvalue weighted by atomic mass is 10.1. The van der Waals surface area contributed by atoms with Gasteiger partial charge in [-0.15, -0.1) is 0 Å². The molecule has 21 heavy (non-hydrogen) atoms. The zero-order valence-electron chi connectivity index (χ0n) is 12.4. The fraction of sp³-hybridized carbons (Fsp3) is 0.333. The summed E-state index contributed by atoms with van der Waals surface area (Å²) in [5.41, 5.74) is 0.743. The molecule has 1 aromatic heterocycles. The molecule has 0 spiro atoms. The van der Waals surface area contributed by atoms with Crippen LogP contribution in [-0.2, 0) is 0 Å². The third-order valence-corrected chi connectivity index (χ3v) is 3.26. The van der Waals surface area contributed by atoms with E-state index in [9.17, 15) is 0 Å². The number of rotatable bonds is 5. The monoisotopic (exact) mass is 308 g/mol. The quantitative estimate of drug-likeness (QED) is 0.780. The van der Waals surface area contributed by atoms with Gasteiger partial charge >= 0.3 is 0 Å². The highest BCUT2D eigenvalue weighted by Gasteiger charge is 2.19. The van der Waals surface area contributed by atoms with Gasteiger partial charge in [0.15, 0.2) is 11.5 Å². The zero-order chi connectivity index (χ0) is 15.4. The maximum atomic E-state index is 6.14. The van der Waals surface area contributed by atoms with E-state index in [0.717, 1.165) is 5.56 Å². The molecule has 2 rings (SSSR count). The molecule has 0 N–H and O–H groups in total. The minimum atomic E-state index is 0.120. The van der Waals surface area contributed by atoms with Crippen molar-refractivity contribution in [3.63, 3.8) is 0 Å². The van der Waals surface area contributed by atoms with Crippen molar-refractivity contribution in [3.8, 4) is 23.1 Å². The summed E-state index contributed by atoms with van der Waals surface area (Å²) < 4.78 is 16.5. The van der Waals surface area contributed by atoms with Crippen LogP contribution in [0.4, 0.5) is 0 Å². The SMILES string of the molecule is COc1cccc(OC)c1Oc1ncnc(Cl)c1C(C)C. The molecule has 0 fully saturated rings. The van der Waals surface area contributed by atoms with E-state index >= 15 is 0 Å². The van der Waals surface area contributed by atoms with Gasteiger partial charge in [0.25, 0.3) is 0 Å². The Bertz CT molecular complexity index is 610. The Morgan fingerprint density at radius 3 is 2.19 bits per heavy atom. The summed E-state index contributed by atoms with van der Waals surface area (Å²) in [5, 5.41) is 0.379. The van der Waals surface area contributed by atoms with E-state index in [4.69, 9.17) is 25.8 Å². The molecule has 0 aliphatic carbocycles. The average Bonchev–Trinajstić information content (AvgIpc) is 2.47. The molecule has 0 aliphatic rings. The molecule has 0 radical (unpaired) electrons. The van der Waals surface area contributed by atoms with E-state index in [-0.39, 0.29) is 5.92 Å². The first-order valence-electron chi connectivity index (χ1n) is 6.47. The number of aromatic nitrogens is 2. The maximum Gasteiger partial charge on any atom is 0.227 e. The van der Waals surface area contributed by atoms with Crippen molar-refractivity contribution < 1.29 is 14.2 Å². The fourth-order valence-electron chi connectivity index (χ4n) is 1.94. The second kappa shape index (κ2) is 6.63. The van der Waals surface area contributed by atoms with Gasteiger partial charge in [-0.3, -0.25) is 0 Å². The molecule has 1 aromatic carbocycles. The van der Waals surface area contributed by atoms with Crippen LogP contribution in [0.2, 0.25) is 5.15 Å². The summed E-state index contributed by atoms with van der Waals surface area (Å²) in [6.07, 6.45) is 1.37. The standard InChI is InChI=1S/C15H17ClN2O3/c1-9(2)12-14(16)17-8-18-15(12)21-13-10(19-3)6-5-7-11(13)20-4/h5-9H,1-4H3. The molecule has 0 bridgehead atoms. The second-order valence-electron chi connectivity index (χ2n) is 4.63. The van der Waals surface area contributed by atoms with Crippen LogP contribution in [0.3, 0.4) is 0 Å². The van der Waals surface area contributed by atoms with Gasteiger partial charge in [0.2, 0.25) is 11.6 Å². The number of ether oxygens (including phenoxy) is 3. The molecule has 0 aliphatic heterocycles. The summed E-state index contributed by atoms with van der Waals surface area (Å²) in [4.78, 5) is 8.18. The van der Waals surface area contributed by atoms with Gasteiger partial charge in [-0.05, 0) is 18.1 Å². The van der Waals surface area contributed by atoms with Crippen LogP contribution >= 0.6 is 11.6 Å². The predicted octanol–water partition coefficient (Wildman–Crippen LogP) is 4.06. The highest BCUT2D eigenvalue weighted by molar-refractivity contribution is 6.30. The lowest BCUT2D eigenvalue weighted by Gasteiger charge is -2.16. The zero-order valence-corrected chi connectivity index (χ0v) is 13.1. The lowest BCUT2D eigenvalue weighted by Crippen LogP contribution is -2.01. The molecule has 1 heterocycles. The smallest absolute Gasteiger partial charge is 0.227 e. The molecule has 2 aromatic rings. The molecule has 0 saturated carbocycles. The van der Waals surface area contributed by atoms with Gasteiger partial charge in [-0.25, -0.2) is 9.97 Å². The molecule has 0 atom stereocenters. The van der Waals surface area contributed by atoms with Crippen molar-refractivity contribution in [2.75, 3.05) is 14.2 Å². The van der Waals surface area contributed by atoms with Crippen LogP contribution in [0.5, 0.6) is 23.1 Å². The van der Waals surface area contributed by atoms with Crippen molar-refractivity contribution >= 4 is 11.6 Å². The highest BCUT2D eigenvalue weighted by atomic mass is 35.5. The summed E-state index contributed by atoms with van der Waals surface area (Å²) in [5.74, 6) is 2.08. The van der Waals surface area contributed by atoms with E-state index in [1.54, 1.807) is 26.4 Å². The van der Waals surface area contributed by atoms with Gasteiger partial charge in [0, 0.05) is 0 Å². The Balaban J connectivity index is 2.50. The van der Waals surface area contributed by atoms with Crippen molar-refractivity contribution in [1.82, 2.24) is 9.97 Å². The Morgan fingerprint density at radius 1 is 1.05 bits per heavy atom. The fourth-order valence-corrected chi connectivity index (χ4v) is 2.28. The first kappa shape index (κ1) is 15.4. The van der Waals surface area contributed by atoms with Crippen LogP contribution < -0.4 is 14.2 Å². The first-order valence-corrected chi connectivity index (χ1v) is 6.85. The Kier molecular flexibility index (Phi) is 4.85. The minimum Gasteiger partial charge on any atom is -0.493 e. The van der Waals surface area contributed by atoms with Crippen LogP contribution in [0.25, 0.3) is 0 Å². The average molecular weight is 309 g/mol. The number of para-hydroxylation sites is 1. The van der Waals surface area contributed by atoms with Crippen LogP contribution in [-0.4, -0.2) is 24.2 Å². The normalized spacial score (nSPS) is 10.6. The maximum absolute atomic E-state index is 6.14. The third kappa shape index (κ3) is 3.19. The van der Waals surface area contributed by atoms with Crippen molar-refractivity contribution in [3.05, 3.63) is 35.2 Å². The molecule has 112 valence electrons. The molecule has 0 unspecified atom stereocenters. The number of nitrogens with zero attached hydrogens (tertiary/aromatic N) is 2. The van der Waals surface area contributed by atoms with E-state index in [1.165, 1.54) is 6.33 Å². The number of methoxy groups -OCH3 is 2. The molecular formula is C15H17ClN2O3. The Labute approximate surface area is 128 Å². The highest BCUT2D eigenvalue weighted by Crippen LogP contribution is 2.41. The van der Waals surface area contributed by atoms with Gasteiger partial charge in [-0.2, -0.15) is 0 Å². The van der Waals surface area contributed by atoms with Crippen LogP contribution in [0.1, 0.15) is 25.3 Å². The lowest BCUT2D eigenvalue weighted by molar-refractivity contribution is 0.339. The molecule has 6 heteroatoms. The molecule has 0 saturated heterocycles. The second-order valence-corrected chi connectivity index (χ2v) is 4.99. The van der Waals surface area contributed by atoms with Gasteiger partial charge in [0.1, 0.15) is 11.5 Å². The van der Waals surface area contributed by atoms with Gasteiger partial charge in [-0.1, -0.05) is 31.5 Å². The topological polar surface area (TPSA) is 53.5 Å². The predicted molar refractivity (Wildman–Crippen MR) is 80.8 cm³/mol. The van der Waals surface area contributed by atoms with Crippen molar-refractivity contribution in [2.45, 2.75) is 19.8 Å². The number of hydrogen-bond donors (Lipinski definition) is 0.